The van der Waals surface area contributed by atoms with Gasteiger partial charge in [-0.05, 0) is 29.2 Å². The molecule has 0 fully saturated rings. The molecule has 1 atom stereocenters. The van der Waals surface area contributed by atoms with Crippen molar-refractivity contribution in [3.63, 3.8) is 0 Å². The monoisotopic (exact) mass is 404 g/mol. The van der Waals surface area contributed by atoms with Gasteiger partial charge in [0.15, 0.2) is 12.7 Å². The summed E-state index contributed by atoms with van der Waals surface area (Å²) in [4.78, 5) is 34.7. The molecule has 0 spiro atoms. The van der Waals surface area contributed by atoms with E-state index < -0.39 is 30.6 Å². The molecule has 0 heterocycles. The number of imide groups is 1. The van der Waals surface area contributed by atoms with Gasteiger partial charge < -0.3 is 15.2 Å². The molecule has 8 heteroatoms. The maximum atomic E-state index is 12.0. The van der Waals surface area contributed by atoms with Crippen LogP contribution in [0.2, 0.25) is 5.02 Å². The van der Waals surface area contributed by atoms with Crippen LogP contribution < -0.4 is 15.8 Å². The van der Waals surface area contributed by atoms with Gasteiger partial charge in [0.05, 0.1) is 5.02 Å². The maximum Gasteiger partial charge on any atom is 0.344 e. The van der Waals surface area contributed by atoms with Gasteiger partial charge in [0.2, 0.25) is 0 Å². The molecule has 0 aliphatic rings. The van der Waals surface area contributed by atoms with Gasteiger partial charge in [-0.25, -0.2) is 9.59 Å². The van der Waals surface area contributed by atoms with Gasteiger partial charge in [0, 0.05) is 0 Å². The summed E-state index contributed by atoms with van der Waals surface area (Å²) in [5, 5.41) is 2.23. The molecule has 3 amide bonds. The highest BCUT2D eigenvalue weighted by Gasteiger charge is 2.27. The van der Waals surface area contributed by atoms with Crippen molar-refractivity contribution in [1.29, 1.82) is 0 Å². The highest BCUT2D eigenvalue weighted by Crippen LogP contribution is 2.30. The summed E-state index contributed by atoms with van der Waals surface area (Å²) < 4.78 is 10.5. The zero-order valence-electron chi connectivity index (χ0n) is 15.5. The molecule has 0 aliphatic heterocycles. The summed E-state index contributed by atoms with van der Waals surface area (Å²) in [6, 6.07) is 13.8. The second-order valence-corrected chi connectivity index (χ2v) is 6.72. The first-order valence-corrected chi connectivity index (χ1v) is 8.93. The molecule has 0 bridgehead atoms. The first kappa shape index (κ1) is 21.2. The lowest BCUT2D eigenvalue weighted by Gasteiger charge is -2.20. The summed E-state index contributed by atoms with van der Waals surface area (Å²) in [6.45, 7) is 2.88. The number of nitrogens with two attached hydrogens (primary N) is 1. The Labute approximate surface area is 167 Å². The summed E-state index contributed by atoms with van der Waals surface area (Å²) in [5.41, 5.74) is 6.82. The van der Waals surface area contributed by atoms with E-state index in [0.29, 0.717) is 10.8 Å². The third-order valence-electron chi connectivity index (χ3n) is 3.75. The number of ether oxygens (including phenoxy) is 2. The van der Waals surface area contributed by atoms with Gasteiger partial charge in [-0.2, -0.15) is 0 Å². The van der Waals surface area contributed by atoms with Gasteiger partial charge >= 0.3 is 12.0 Å². The molecular formula is C20H21ClN2O5. The molecule has 2 aromatic rings. The molecule has 3 N–H and O–H groups in total. The second kappa shape index (κ2) is 9.75. The van der Waals surface area contributed by atoms with Gasteiger partial charge in [-0.15, -0.1) is 0 Å². The number of amides is 3. The molecule has 2 rings (SSSR count). The van der Waals surface area contributed by atoms with Crippen molar-refractivity contribution in [3.05, 3.63) is 53.6 Å². The quantitative estimate of drug-likeness (QED) is 0.689. The van der Waals surface area contributed by atoms with Gasteiger partial charge in [-0.1, -0.05) is 61.8 Å². The van der Waals surface area contributed by atoms with E-state index in [1.54, 1.807) is 26.0 Å². The predicted octanol–water partition coefficient (Wildman–Crippen LogP) is 3.15. The van der Waals surface area contributed by atoms with Crippen molar-refractivity contribution in [2.24, 2.45) is 11.7 Å². The van der Waals surface area contributed by atoms with E-state index in [2.05, 4.69) is 0 Å². The van der Waals surface area contributed by atoms with Crippen LogP contribution in [0, 0.1) is 5.92 Å². The molecule has 0 radical (unpaired) electrons. The minimum absolute atomic E-state index is 0.306. The topological polar surface area (TPSA) is 108 Å². The third kappa shape index (κ3) is 5.99. The Bertz CT molecular complexity index is 855. The predicted molar refractivity (Wildman–Crippen MR) is 105 cm³/mol. The molecule has 0 aromatic heterocycles. The molecule has 7 nitrogen and oxygen atoms in total. The van der Waals surface area contributed by atoms with E-state index in [1.165, 1.54) is 0 Å². The zero-order chi connectivity index (χ0) is 20.7. The number of halogens is 1. The van der Waals surface area contributed by atoms with E-state index in [0.717, 1.165) is 11.1 Å². The van der Waals surface area contributed by atoms with E-state index in [9.17, 15) is 14.4 Å². The van der Waals surface area contributed by atoms with Gasteiger partial charge in [0.25, 0.3) is 5.91 Å². The lowest BCUT2D eigenvalue weighted by Crippen LogP contribution is -2.46. The minimum Gasteiger partial charge on any atom is -0.480 e. The van der Waals surface area contributed by atoms with Crippen molar-refractivity contribution < 1.29 is 23.9 Å². The van der Waals surface area contributed by atoms with E-state index in [1.807, 2.05) is 41.7 Å². The van der Waals surface area contributed by atoms with E-state index in [4.69, 9.17) is 26.8 Å². The molecule has 148 valence electrons. The summed E-state index contributed by atoms with van der Waals surface area (Å²) in [5.74, 6) is -1.62. The van der Waals surface area contributed by atoms with Crippen molar-refractivity contribution in [2.75, 3.05) is 6.61 Å². The number of carbonyl (C=O) groups is 3. The Balaban J connectivity index is 1.98. The Morgan fingerprint density at radius 1 is 1.07 bits per heavy atom. The fourth-order valence-electron chi connectivity index (χ4n) is 2.43. The second-order valence-electron chi connectivity index (χ2n) is 6.31. The molecule has 28 heavy (non-hydrogen) atoms. The van der Waals surface area contributed by atoms with Gasteiger partial charge in [-0.3, -0.25) is 10.1 Å². The molecular weight excluding hydrogens is 384 g/mol. The molecule has 0 unspecified atom stereocenters. The lowest BCUT2D eigenvalue weighted by molar-refractivity contribution is -0.160. The Kier molecular flexibility index (Phi) is 7.40. The first-order chi connectivity index (χ1) is 13.3. The Morgan fingerprint density at radius 3 is 2.32 bits per heavy atom. The van der Waals surface area contributed by atoms with Crippen LogP contribution in [0.3, 0.4) is 0 Å². The normalized spacial score (nSPS) is 11.6. The third-order valence-corrected chi connectivity index (χ3v) is 4.05. The van der Waals surface area contributed by atoms with Crippen molar-refractivity contribution in [1.82, 2.24) is 5.32 Å². The number of benzene rings is 2. The van der Waals surface area contributed by atoms with Crippen LogP contribution in [0.5, 0.6) is 5.75 Å². The van der Waals surface area contributed by atoms with Gasteiger partial charge in [0.1, 0.15) is 5.75 Å². The standard InChI is InChI=1S/C20H21ClN2O5/c1-12(2)18(19(25)23-20(22)26)28-17(24)11-27-16-9-8-14(10-15(16)21)13-6-4-3-5-7-13/h3-10,12,18H,11H2,1-2H3,(H3,22,23,25,26)/t18-/m1/s1. The summed E-state index contributed by atoms with van der Waals surface area (Å²) in [7, 11) is 0. The Morgan fingerprint density at radius 2 is 1.75 bits per heavy atom. The van der Waals surface area contributed by atoms with Crippen LogP contribution in [0.1, 0.15) is 13.8 Å². The van der Waals surface area contributed by atoms with Crippen LogP contribution >= 0.6 is 11.6 Å². The van der Waals surface area contributed by atoms with E-state index >= 15 is 0 Å². The molecule has 2 aromatic carbocycles. The van der Waals surface area contributed by atoms with Crippen LogP contribution in [-0.4, -0.2) is 30.6 Å². The average Bonchev–Trinajstić information content (AvgIpc) is 2.64. The fraction of sp³-hybridized carbons (Fsp3) is 0.250. The minimum atomic E-state index is -1.17. The smallest absolute Gasteiger partial charge is 0.344 e. The summed E-state index contributed by atoms with van der Waals surface area (Å²) in [6.07, 6.45) is -1.17. The summed E-state index contributed by atoms with van der Waals surface area (Å²) >= 11 is 6.23. The average molecular weight is 405 g/mol. The lowest BCUT2D eigenvalue weighted by atomic mass is 10.1. The van der Waals surface area contributed by atoms with Crippen LogP contribution in [0.25, 0.3) is 11.1 Å². The SMILES string of the molecule is CC(C)[C@@H](OC(=O)COc1ccc(-c2ccccc2)cc1Cl)C(=O)NC(N)=O. The van der Waals surface area contributed by atoms with Crippen LogP contribution in [-0.2, 0) is 14.3 Å². The van der Waals surface area contributed by atoms with Crippen LogP contribution in [0.4, 0.5) is 4.79 Å². The van der Waals surface area contributed by atoms with Crippen molar-refractivity contribution in [2.45, 2.75) is 20.0 Å². The number of hydrogen-bond acceptors (Lipinski definition) is 5. The molecule has 0 saturated heterocycles. The largest absolute Gasteiger partial charge is 0.480 e. The number of primary amides is 1. The highest BCUT2D eigenvalue weighted by atomic mass is 35.5. The number of nitrogens with one attached hydrogen (secondary N) is 1. The number of urea groups is 1. The fourth-order valence-corrected chi connectivity index (χ4v) is 2.66. The zero-order valence-corrected chi connectivity index (χ0v) is 16.2. The highest BCUT2D eigenvalue weighted by molar-refractivity contribution is 6.32. The first-order valence-electron chi connectivity index (χ1n) is 8.55. The maximum absolute atomic E-state index is 12.0. The van der Waals surface area contributed by atoms with Crippen molar-refractivity contribution >= 4 is 29.5 Å². The Hall–Kier alpha value is -3.06. The number of rotatable bonds is 7. The molecule has 0 aliphatic carbocycles. The number of hydrogen-bond donors (Lipinski definition) is 2. The van der Waals surface area contributed by atoms with E-state index in [-0.39, 0.29) is 5.92 Å². The van der Waals surface area contributed by atoms with Crippen molar-refractivity contribution in [3.8, 4) is 16.9 Å². The van der Waals surface area contributed by atoms with Crippen LogP contribution in [0.15, 0.2) is 48.5 Å². The number of esters is 1. The molecule has 0 saturated carbocycles. The number of carbonyl (C=O) groups excluding carboxylic acids is 3.